The molecule has 0 fully saturated rings. The Kier molecular flexibility index (Phi) is 4.37. The molecule has 0 saturated heterocycles. The Labute approximate surface area is 168 Å². The van der Waals surface area contributed by atoms with Crippen molar-refractivity contribution in [1.29, 1.82) is 0 Å². The van der Waals surface area contributed by atoms with Gasteiger partial charge in [-0.2, -0.15) is 5.10 Å². The van der Waals surface area contributed by atoms with Crippen LogP contribution in [0.15, 0.2) is 79.8 Å². The first-order valence-corrected chi connectivity index (χ1v) is 9.66. The van der Waals surface area contributed by atoms with Crippen molar-refractivity contribution in [1.82, 2.24) is 29.7 Å². The summed E-state index contributed by atoms with van der Waals surface area (Å²) in [6.07, 6.45) is 12.0. The van der Waals surface area contributed by atoms with Gasteiger partial charge in [-0.1, -0.05) is 25.1 Å². The zero-order valence-corrected chi connectivity index (χ0v) is 16.0. The number of pyridine rings is 1. The van der Waals surface area contributed by atoms with Gasteiger partial charge in [0.1, 0.15) is 12.0 Å². The monoisotopic (exact) mass is 380 g/mol. The van der Waals surface area contributed by atoms with Gasteiger partial charge in [0.2, 0.25) is 0 Å². The van der Waals surface area contributed by atoms with Crippen LogP contribution in [0.3, 0.4) is 0 Å². The van der Waals surface area contributed by atoms with Gasteiger partial charge in [-0.3, -0.25) is 9.67 Å². The molecule has 0 aliphatic carbocycles. The van der Waals surface area contributed by atoms with Crippen molar-refractivity contribution in [2.45, 2.75) is 19.4 Å². The van der Waals surface area contributed by atoms with E-state index in [1.165, 1.54) is 11.1 Å². The van der Waals surface area contributed by atoms with Gasteiger partial charge in [0.15, 0.2) is 0 Å². The summed E-state index contributed by atoms with van der Waals surface area (Å²) >= 11 is 0. The molecule has 1 N–H and O–H groups in total. The zero-order chi connectivity index (χ0) is 19.6. The number of nitrogens with one attached hydrogen (secondary N) is 1. The first-order valence-electron chi connectivity index (χ1n) is 9.66. The molecule has 1 aromatic carbocycles. The first-order chi connectivity index (χ1) is 14.3. The minimum absolute atomic E-state index is 0.147. The van der Waals surface area contributed by atoms with Crippen LogP contribution < -0.4 is 0 Å². The van der Waals surface area contributed by atoms with Crippen molar-refractivity contribution in [2.24, 2.45) is 0 Å². The van der Waals surface area contributed by atoms with E-state index in [9.17, 15) is 0 Å². The molecule has 4 heterocycles. The van der Waals surface area contributed by atoms with Crippen LogP contribution in [0.5, 0.6) is 0 Å². The molecular formula is C23H20N6. The Morgan fingerprint density at radius 1 is 1.00 bits per heavy atom. The third-order valence-electron chi connectivity index (χ3n) is 5.22. The van der Waals surface area contributed by atoms with E-state index in [1.54, 1.807) is 6.33 Å². The number of hydrogen-bond acceptors (Lipinski definition) is 4. The molecule has 5 aromatic rings. The minimum Gasteiger partial charge on any atom is -0.346 e. The number of H-pyrrole nitrogens is 1. The summed E-state index contributed by atoms with van der Waals surface area (Å²) < 4.78 is 2.03. The van der Waals surface area contributed by atoms with Crippen molar-refractivity contribution in [3.8, 4) is 22.4 Å². The van der Waals surface area contributed by atoms with Gasteiger partial charge >= 0.3 is 0 Å². The molecule has 1 unspecified atom stereocenters. The molecule has 6 nitrogen and oxygen atoms in total. The lowest BCUT2D eigenvalue weighted by molar-refractivity contribution is 0.509. The second kappa shape index (κ2) is 7.31. The topological polar surface area (TPSA) is 72.3 Å². The van der Waals surface area contributed by atoms with E-state index in [0.717, 1.165) is 34.3 Å². The zero-order valence-electron chi connectivity index (χ0n) is 16.0. The fraction of sp³-hybridized carbons (Fsp3) is 0.130. The van der Waals surface area contributed by atoms with Crippen LogP contribution >= 0.6 is 0 Å². The highest BCUT2D eigenvalue weighted by Crippen LogP contribution is 2.29. The fourth-order valence-electron chi connectivity index (χ4n) is 3.78. The molecule has 0 aliphatic heterocycles. The van der Waals surface area contributed by atoms with Gasteiger partial charge in [-0.05, 0) is 47.4 Å². The van der Waals surface area contributed by atoms with E-state index in [1.807, 2.05) is 47.7 Å². The van der Waals surface area contributed by atoms with E-state index >= 15 is 0 Å². The van der Waals surface area contributed by atoms with Gasteiger partial charge in [0, 0.05) is 35.7 Å². The van der Waals surface area contributed by atoms with Crippen LogP contribution in [-0.2, 0) is 0 Å². The standard InChI is InChI=1S/C23H20N6/c1-2-21(18-5-3-4-17(12-18)16-6-9-24-10-7-16)29-14-19(13-28-29)22-20-8-11-25-23(20)27-15-26-22/h3-15,21H,2H2,1H3,(H,25,26,27). The summed E-state index contributed by atoms with van der Waals surface area (Å²) in [5, 5.41) is 5.67. The molecular weight excluding hydrogens is 360 g/mol. The molecule has 0 bridgehead atoms. The number of rotatable bonds is 5. The largest absolute Gasteiger partial charge is 0.346 e. The van der Waals surface area contributed by atoms with Gasteiger partial charge in [0.25, 0.3) is 0 Å². The molecule has 4 aromatic heterocycles. The van der Waals surface area contributed by atoms with Crippen LogP contribution in [0.4, 0.5) is 0 Å². The van der Waals surface area contributed by atoms with E-state index in [-0.39, 0.29) is 6.04 Å². The highest BCUT2D eigenvalue weighted by Gasteiger charge is 2.16. The van der Waals surface area contributed by atoms with Crippen LogP contribution in [0.1, 0.15) is 24.9 Å². The average Bonchev–Trinajstić information content (AvgIpc) is 3.45. The Bertz CT molecular complexity index is 1250. The summed E-state index contributed by atoms with van der Waals surface area (Å²) in [6, 6.07) is 14.8. The smallest absolute Gasteiger partial charge is 0.141 e. The first kappa shape index (κ1) is 17.3. The van der Waals surface area contributed by atoms with Crippen LogP contribution in [0, 0.1) is 0 Å². The van der Waals surface area contributed by atoms with Crippen LogP contribution in [0.25, 0.3) is 33.4 Å². The predicted molar refractivity (Wildman–Crippen MR) is 113 cm³/mol. The molecule has 0 aliphatic rings. The van der Waals surface area contributed by atoms with Gasteiger partial charge in [-0.25, -0.2) is 9.97 Å². The Morgan fingerprint density at radius 3 is 2.76 bits per heavy atom. The minimum atomic E-state index is 0.147. The van der Waals surface area contributed by atoms with E-state index < -0.39 is 0 Å². The number of benzene rings is 1. The number of fused-ring (bicyclic) bond motifs is 1. The summed E-state index contributed by atoms with van der Waals surface area (Å²) in [5.74, 6) is 0. The maximum atomic E-state index is 4.67. The molecule has 0 radical (unpaired) electrons. The lowest BCUT2D eigenvalue weighted by Gasteiger charge is -2.17. The second-order valence-electron chi connectivity index (χ2n) is 6.96. The van der Waals surface area contributed by atoms with Crippen molar-refractivity contribution in [3.63, 3.8) is 0 Å². The summed E-state index contributed by atoms with van der Waals surface area (Å²) in [6.45, 7) is 2.18. The van der Waals surface area contributed by atoms with Crippen molar-refractivity contribution >= 4 is 11.0 Å². The van der Waals surface area contributed by atoms with Gasteiger partial charge in [0.05, 0.1) is 17.9 Å². The third-order valence-corrected chi connectivity index (χ3v) is 5.22. The number of nitrogens with zero attached hydrogens (tertiary/aromatic N) is 5. The molecule has 5 rings (SSSR count). The molecule has 0 amide bonds. The SMILES string of the molecule is CCC(c1cccc(-c2ccncc2)c1)n1cc(-c2ncnc3[nH]ccc23)cn1. The number of aromatic nitrogens is 6. The number of hydrogen-bond donors (Lipinski definition) is 1. The molecule has 6 heteroatoms. The lowest BCUT2D eigenvalue weighted by atomic mass is 9.99. The molecule has 29 heavy (non-hydrogen) atoms. The predicted octanol–water partition coefficient (Wildman–Crippen LogP) is 4.88. The lowest BCUT2D eigenvalue weighted by Crippen LogP contribution is -2.10. The van der Waals surface area contributed by atoms with Crippen molar-refractivity contribution < 1.29 is 0 Å². The third kappa shape index (κ3) is 3.18. The average molecular weight is 380 g/mol. The highest BCUT2D eigenvalue weighted by atomic mass is 15.3. The normalized spacial score (nSPS) is 12.3. The Morgan fingerprint density at radius 2 is 1.90 bits per heavy atom. The highest BCUT2D eigenvalue weighted by molar-refractivity contribution is 5.90. The second-order valence-corrected chi connectivity index (χ2v) is 6.96. The van der Waals surface area contributed by atoms with E-state index in [0.29, 0.717) is 0 Å². The summed E-state index contributed by atoms with van der Waals surface area (Å²) in [4.78, 5) is 16.0. The van der Waals surface area contributed by atoms with Gasteiger partial charge in [-0.15, -0.1) is 0 Å². The van der Waals surface area contributed by atoms with Crippen LogP contribution in [0.2, 0.25) is 0 Å². The van der Waals surface area contributed by atoms with E-state index in [4.69, 9.17) is 0 Å². The molecule has 142 valence electrons. The quantitative estimate of drug-likeness (QED) is 0.471. The molecule has 0 saturated carbocycles. The van der Waals surface area contributed by atoms with Crippen LogP contribution in [-0.4, -0.2) is 29.7 Å². The van der Waals surface area contributed by atoms with Crippen molar-refractivity contribution in [2.75, 3.05) is 0 Å². The molecule has 1 atom stereocenters. The van der Waals surface area contributed by atoms with Gasteiger partial charge < -0.3 is 4.98 Å². The van der Waals surface area contributed by atoms with E-state index in [2.05, 4.69) is 62.4 Å². The Hall–Kier alpha value is -3.80. The maximum absolute atomic E-state index is 4.67. The fourth-order valence-corrected chi connectivity index (χ4v) is 3.78. The summed E-state index contributed by atoms with van der Waals surface area (Å²) in [7, 11) is 0. The molecule has 0 spiro atoms. The number of aromatic amines is 1. The maximum Gasteiger partial charge on any atom is 0.141 e. The van der Waals surface area contributed by atoms with Crippen molar-refractivity contribution in [3.05, 3.63) is 85.3 Å². The Balaban J connectivity index is 1.52. The summed E-state index contributed by atoms with van der Waals surface area (Å²) in [5.41, 5.74) is 6.28.